The molecule has 78 valence electrons. The first-order valence-corrected chi connectivity index (χ1v) is 5.10. The lowest BCUT2D eigenvalue weighted by atomic mass is 10.1. The van der Waals surface area contributed by atoms with E-state index in [1.807, 2.05) is 6.92 Å². The van der Waals surface area contributed by atoms with E-state index in [1.165, 1.54) is 12.1 Å². The topological polar surface area (TPSA) is 0 Å². The maximum Gasteiger partial charge on any atom is 0.416 e. The highest BCUT2D eigenvalue weighted by Gasteiger charge is 2.30. The van der Waals surface area contributed by atoms with Crippen LogP contribution in [0.1, 0.15) is 24.5 Å². The first-order chi connectivity index (χ1) is 6.45. The van der Waals surface area contributed by atoms with Gasteiger partial charge in [-0.15, -0.1) is 0 Å². The van der Waals surface area contributed by atoms with Gasteiger partial charge in [0.1, 0.15) is 0 Å². The van der Waals surface area contributed by atoms with Gasteiger partial charge in [-0.1, -0.05) is 29.3 Å². The van der Waals surface area contributed by atoms with Gasteiger partial charge in [0.2, 0.25) is 0 Å². The highest BCUT2D eigenvalue weighted by molar-refractivity contribution is 9.10. The van der Waals surface area contributed by atoms with Crippen LogP contribution in [0.2, 0.25) is 0 Å². The summed E-state index contributed by atoms with van der Waals surface area (Å²) >= 11 is 3.23. The fourth-order valence-electron chi connectivity index (χ4n) is 1.21. The van der Waals surface area contributed by atoms with Crippen LogP contribution in [-0.2, 0) is 12.6 Å². The number of rotatable bonds is 2. The van der Waals surface area contributed by atoms with E-state index in [-0.39, 0.29) is 0 Å². The summed E-state index contributed by atoms with van der Waals surface area (Å²) in [5.74, 6) is 0. The number of halogens is 4. The number of alkyl halides is 3. The predicted octanol–water partition coefficient (Wildman–Crippen LogP) is 4.42. The van der Waals surface area contributed by atoms with Crippen LogP contribution >= 0.6 is 15.9 Å². The zero-order chi connectivity index (χ0) is 10.8. The molecule has 0 aliphatic rings. The first-order valence-electron chi connectivity index (χ1n) is 4.30. The molecule has 0 bridgehead atoms. The monoisotopic (exact) mass is 266 g/mol. The second-order valence-electron chi connectivity index (χ2n) is 3.05. The number of aryl methyl sites for hydroxylation is 1. The van der Waals surface area contributed by atoms with E-state index in [4.69, 9.17) is 0 Å². The number of benzene rings is 1. The van der Waals surface area contributed by atoms with Crippen molar-refractivity contribution in [1.29, 1.82) is 0 Å². The molecule has 0 saturated carbocycles. The average Bonchev–Trinajstić information content (AvgIpc) is 2.07. The molecule has 0 spiro atoms. The predicted molar refractivity (Wildman–Crippen MR) is 53.1 cm³/mol. The molecule has 1 aromatic carbocycles. The Bertz CT molecular complexity index is 318. The van der Waals surface area contributed by atoms with Crippen LogP contribution < -0.4 is 0 Å². The molecule has 0 amide bonds. The van der Waals surface area contributed by atoms with E-state index in [0.29, 0.717) is 12.0 Å². The van der Waals surface area contributed by atoms with Crippen molar-refractivity contribution in [2.75, 3.05) is 0 Å². The summed E-state index contributed by atoms with van der Waals surface area (Å²) in [7, 11) is 0. The third kappa shape index (κ3) is 2.74. The third-order valence-corrected chi connectivity index (χ3v) is 2.67. The summed E-state index contributed by atoms with van der Waals surface area (Å²) in [5.41, 5.74) is 0.131. The van der Waals surface area contributed by atoms with Crippen molar-refractivity contribution < 1.29 is 13.2 Å². The second kappa shape index (κ2) is 4.34. The van der Waals surface area contributed by atoms with Gasteiger partial charge in [0.05, 0.1) is 5.56 Å². The molecular formula is C10H10BrF3. The van der Waals surface area contributed by atoms with Gasteiger partial charge in [-0.3, -0.25) is 0 Å². The van der Waals surface area contributed by atoms with Crippen molar-refractivity contribution in [2.45, 2.75) is 25.9 Å². The van der Waals surface area contributed by atoms with Gasteiger partial charge >= 0.3 is 6.18 Å². The van der Waals surface area contributed by atoms with Crippen LogP contribution in [0, 0.1) is 0 Å². The van der Waals surface area contributed by atoms with Gasteiger partial charge in [-0.2, -0.15) is 13.2 Å². The van der Waals surface area contributed by atoms with Crippen molar-refractivity contribution in [3.05, 3.63) is 33.8 Å². The maximum absolute atomic E-state index is 12.3. The van der Waals surface area contributed by atoms with E-state index in [2.05, 4.69) is 15.9 Å². The van der Waals surface area contributed by atoms with Crippen molar-refractivity contribution in [3.8, 4) is 0 Å². The number of hydrogen-bond donors (Lipinski definition) is 0. The Hall–Kier alpha value is -0.510. The molecule has 1 aromatic rings. The molecule has 0 unspecified atom stereocenters. The minimum Gasteiger partial charge on any atom is -0.166 e. The minimum absolute atomic E-state index is 0.579. The van der Waals surface area contributed by atoms with Crippen molar-refractivity contribution in [1.82, 2.24) is 0 Å². The molecule has 0 aromatic heterocycles. The fraction of sp³-hybridized carbons (Fsp3) is 0.400. The van der Waals surface area contributed by atoms with E-state index >= 15 is 0 Å². The molecule has 14 heavy (non-hydrogen) atoms. The molecule has 0 nitrogen and oxygen atoms in total. The van der Waals surface area contributed by atoms with Crippen LogP contribution in [0.25, 0.3) is 0 Å². The summed E-state index contributed by atoms with van der Waals surface area (Å²) in [6, 6.07) is 3.74. The molecule has 4 heteroatoms. The van der Waals surface area contributed by atoms with Crippen LogP contribution in [-0.4, -0.2) is 0 Å². The van der Waals surface area contributed by atoms with Gasteiger partial charge in [-0.05, 0) is 30.2 Å². The Morgan fingerprint density at radius 1 is 1.29 bits per heavy atom. The smallest absolute Gasteiger partial charge is 0.166 e. The summed E-state index contributed by atoms with van der Waals surface area (Å²) < 4.78 is 37.7. The Morgan fingerprint density at radius 2 is 1.93 bits per heavy atom. The third-order valence-electron chi connectivity index (χ3n) is 1.89. The lowest BCUT2D eigenvalue weighted by molar-refractivity contribution is -0.137. The van der Waals surface area contributed by atoms with Gasteiger partial charge in [-0.25, -0.2) is 0 Å². The van der Waals surface area contributed by atoms with Crippen LogP contribution in [0.15, 0.2) is 22.7 Å². The highest BCUT2D eigenvalue weighted by atomic mass is 79.9. The van der Waals surface area contributed by atoms with Gasteiger partial charge in [0.25, 0.3) is 0 Å². The van der Waals surface area contributed by atoms with E-state index in [0.717, 1.165) is 17.0 Å². The van der Waals surface area contributed by atoms with E-state index in [9.17, 15) is 13.2 Å². The fourth-order valence-corrected chi connectivity index (χ4v) is 1.66. The minimum atomic E-state index is -4.25. The summed E-state index contributed by atoms with van der Waals surface area (Å²) in [4.78, 5) is 0. The Balaban J connectivity index is 3.06. The Labute approximate surface area is 89.3 Å². The molecule has 0 radical (unpaired) electrons. The van der Waals surface area contributed by atoms with Gasteiger partial charge < -0.3 is 0 Å². The van der Waals surface area contributed by atoms with Crippen LogP contribution in [0.3, 0.4) is 0 Å². The Morgan fingerprint density at radius 3 is 2.43 bits per heavy atom. The summed E-state index contributed by atoms with van der Waals surface area (Å²) in [6.45, 7) is 1.94. The highest BCUT2D eigenvalue weighted by Crippen LogP contribution is 2.32. The normalized spacial score (nSPS) is 11.8. The lowest BCUT2D eigenvalue weighted by Crippen LogP contribution is -2.05. The largest absolute Gasteiger partial charge is 0.416 e. The van der Waals surface area contributed by atoms with Crippen molar-refractivity contribution in [2.24, 2.45) is 0 Å². The van der Waals surface area contributed by atoms with Gasteiger partial charge in [0, 0.05) is 4.47 Å². The van der Waals surface area contributed by atoms with Gasteiger partial charge in [0.15, 0.2) is 0 Å². The molecular weight excluding hydrogens is 257 g/mol. The van der Waals surface area contributed by atoms with Crippen molar-refractivity contribution in [3.63, 3.8) is 0 Å². The molecule has 0 fully saturated rings. The SMILES string of the molecule is CCCc1cc(C(F)(F)F)ccc1Br. The average molecular weight is 267 g/mol. The molecule has 0 heterocycles. The summed E-state index contributed by atoms with van der Waals surface area (Å²) in [6.07, 6.45) is -2.76. The number of hydrogen-bond acceptors (Lipinski definition) is 0. The first kappa shape index (κ1) is 11.6. The zero-order valence-corrected chi connectivity index (χ0v) is 9.24. The molecule has 1 rings (SSSR count). The molecule has 0 aliphatic heterocycles. The molecule has 0 saturated heterocycles. The second-order valence-corrected chi connectivity index (χ2v) is 3.91. The quantitative estimate of drug-likeness (QED) is 0.744. The zero-order valence-electron chi connectivity index (χ0n) is 7.66. The van der Waals surface area contributed by atoms with Crippen LogP contribution in [0.5, 0.6) is 0 Å². The maximum atomic E-state index is 12.3. The lowest BCUT2D eigenvalue weighted by Gasteiger charge is -2.09. The van der Waals surface area contributed by atoms with Crippen molar-refractivity contribution >= 4 is 15.9 Å². The Kier molecular flexibility index (Phi) is 3.59. The van der Waals surface area contributed by atoms with E-state index in [1.54, 1.807) is 0 Å². The molecule has 0 N–H and O–H groups in total. The van der Waals surface area contributed by atoms with Crippen LogP contribution in [0.4, 0.5) is 13.2 Å². The molecule has 0 atom stereocenters. The van der Waals surface area contributed by atoms with E-state index < -0.39 is 11.7 Å². The molecule has 0 aliphatic carbocycles. The standard InChI is InChI=1S/C10H10BrF3/c1-2-3-7-6-8(10(12,13)14)4-5-9(7)11/h4-6H,2-3H2,1H3. The summed E-state index contributed by atoms with van der Waals surface area (Å²) in [5, 5.41) is 0.